The Hall–Kier alpha value is -1.69. The molecule has 0 radical (unpaired) electrons. The summed E-state index contributed by atoms with van der Waals surface area (Å²) < 4.78 is 6.56. The first-order valence-corrected chi connectivity index (χ1v) is 7.15. The average Bonchev–Trinajstić information content (AvgIpc) is 2.82. The molecule has 2 aromatic rings. The topological polar surface area (TPSA) is 76.2 Å². The molecule has 0 saturated carbocycles. The number of halogens is 1. The highest BCUT2D eigenvalue weighted by atomic mass is 79.9. The molecular formula is C14H15BrN2O3. The SMILES string of the molecule is Cc1cc(Br)cc(-c2nnc(CCCCC(=O)O)o2)c1. The summed E-state index contributed by atoms with van der Waals surface area (Å²) in [7, 11) is 0. The Kier molecular flexibility index (Phi) is 4.89. The minimum absolute atomic E-state index is 0.172. The van der Waals surface area contributed by atoms with Gasteiger partial charge in [0.2, 0.25) is 11.8 Å². The van der Waals surface area contributed by atoms with Gasteiger partial charge in [-0.25, -0.2) is 0 Å². The van der Waals surface area contributed by atoms with Crippen molar-refractivity contribution in [2.45, 2.75) is 32.6 Å². The van der Waals surface area contributed by atoms with Crippen LogP contribution in [0.3, 0.4) is 0 Å². The van der Waals surface area contributed by atoms with E-state index in [1.165, 1.54) is 0 Å². The largest absolute Gasteiger partial charge is 0.481 e. The monoisotopic (exact) mass is 338 g/mol. The number of benzene rings is 1. The minimum Gasteiger partial charge on any atom is -0.481 e. The normalized spacial score (nSPS) is 10.7. The van der Waals surface area contributed by atoms with Crippen LogP contribution in [-0.2, 0) is 11.2 Å². The summed E-state index contributed by atoms with van der Waals surface area (Å²) in [4.78, 5) is 10.4. The van der Waals surface area contributed by atoms with Crippen molar-refractivity contribution >= 4 is 21.9 Å². The summed E-state index contributed by atoms with van der Waals surface area (Å²) in [6, 6.07) is 5.91. The van der Waals surface area contributed by atoms with Gasteiger partial charge in [0.25, 0.3) is 0 Å². The minimum atomic E-state index is -0.777. The van der Waals surface area contributed by atoms with E-state index in [0.29, 0.717) is 24.6 Å². The third kappa shape index (κ3) is 4.16. The highest BCUT2D eigenvalue weighted by molar-refractivity contribution is 9.10. The fourth-order valence-electron chi connectivity index (χ4n) is 1.88. The second kappa shape index (κ2) is 6.65. The molecule has 0 spiro atoms. The Labute approximate surface area is 125 Å². The predicted octanol–water partition coefficient (Wildman–Crippen LogP) is 3.60. The van der Waals surface area contributed by atoms with Gasteiger partial charge in [-0.2, -0.15) is 0 Å². The van der Waals surface area contributed by atoms with E-state index < -0.39 is 5.97 Å². The number of hydrogen-bond donors (Lipinski definition) is 1. The molecular weight excluding hydrogens is 324 g/mol. The Morgan fingerprint density at radius 3 is 2.80 bits per heavy atom. The molecule has 20 heavy (non-hydrogen) atoms. The molecule has 1 aromatic heterocycles. The van der Waals surface area contributed by atoms with Gasteiger partial charge in [-0.05, 0) is 43.5 Å². The molecule has 1 aromatic carbocycles. The van der Waals surface area contributed by atoms with E-state index in [2.05, 4.69) is 26.1 Å². The standard InChI is InChI=1S/C14H15BrN2O3/c1-9-6-10(8-11(15)7-9)14-17-16-12(20-14)4-2-3-5-13(18)19/h6-8H,2-5H2,1H3,(H,18,19). The second-order valence-electron chi connectivity index (χ2n) is 4.62. The van der Waals surface area contributed by atoms with E-state index in [1.54, 1.807) is 0 Å². The number of aryl methyl sites for hydroxylation is 2. The number of carboxylic acid groups (broad SMARTS) is 1. The molecule has 0 aliphatic carbocycles. The molecule has 1 heterocycles. The number of aliphatic carboxylic acids is 1. The number of unbranched alkanes of at least 4 members (excludes halogenated alkanes) is 1. The lowest BCUT2D eigenvalue weighted by Crippen LogP contribution is -1.95. The average molecular weight is 339 g/mol. The third-order valence-electron chi connectivity index (χ3n) is 2.79. The summed E-state index contributed by atoms with van der Waals surface area (Å²) in [6.45, 7) is 2.00. The first-order chi connectivity index (χ1) is 9.54. The maximum absolute atomic E-state index is 10.4. The number of carbonyl (C=O) groups is 1. The van der Waals surface area contributed by atoms with Crippen LogP contribution < -0.4 is 0 Å². The molecule has 2 rings (SSSR count). The molecule has 0 amide bonds. The van der Waals surface area contributed by atoms with Gasteiger partial charge in [0.1, 0.15) is 0 Å². The van der Waals surface area contributed by atoms with Gasteiger partial charge in [-0.15, -0.1) is 10.2 Å². The summed E-state index contributed by atoms with van der Waals surface area (Å²) in [5.41, 5.74) is 1.98. The van der Waals surface area contributed by atoms with Crippen molar-refractivity contribution in [3.8, 4) is 11.5 Å². The van der Waals surface area contributed by atoms with Crippen molar-refractivity contribution < 1.29 is 14.3 Å². The summed E-state index contributed by atoms with van der Waals surface area (Å²) in [6.07, 6.45) is 2.12. The number of nitrogens with zero attached hydrogens (tertiary/aromatic N) is 2. The molecule has 0 bridgehead atoms. The van der Waals surface area contributed by atoms with E-state index in [9.17, 15) is 4.79 Å². The predicted molar refractivity (Wildman–Crippen MR) is 77.4 cm³/mol. The van der Waals surface area contributed by atoms with Gasteiger partial charge in [-0.3, -0.25) is 4.79 Å². The first kappa shape index (κ1) is 14.7. The van der Waals surface area contributed by atoms with Crippen LogP contribution in [0.15, 0.2) is 27.1 Å². The molecule has 6 heteroatoms. The Bertz CT molecular complexity index is 590. The fourth-order valence-corrected chi connectivity index (χ4v) is 2.49. The van der Waals surface area contributed by atoms with Crippen molar-refractivity contribution in [2.24, 2.45) is 0 Å². The zero-order chi connectivity index (χ0) is 14.5. The number of hydrogen-bond acceptors (Lipinski definition) is 4. The lowest BCUT2D eigenvalue weighted by atomic mass is 10.1. The molecule has 5 nitrogen and oxygen atoms in total. The van der Waals surface area contributed by atoms with Gasteiger partial charge < -0.3 is 9.52 Å². The molecule has 106 valence electrons. The number of aromatic nitrogens is 2. The van der Waals surface area contributed by atoms with Crippen LogP contribution >= 0.6 is 15.9 Å². The maximum Gasteiger partial charge on any atom is 0.303 e. The quantitative estimate of drug-likeness (QED) is 0.814. The van der Waals surface area contributed by atoms with Crippen LogP contribution in [0.4, 0.5) is 0 Å². The second-order valence-corrected chi connectivity index (χ2v) is 5.53. The number of carboxylic acids is 1. The lowest BCUT2D eigenvalue weighted by Gasteiger charge is -1.99. The molecule has 0 fully saturated rings. The van der Waals surface area contributed by atoms with Crippen molar-refractivity contribution in [1.82, 2.24) is 10.2 Å². The molecule has 0 aliphatic heterocycles. The molecule has 0 saturated heterocycles. The van der Waals surface area contributed by atoms with E-state index >= 15 is 0 Å². The van der Waals surface area contributed by atoms with Crippen molar-refractivity contribution in [1.29, 1.82) is 0 Å². The van der Waals surface area contributed by atoms with Gasteiger partial charge in [-0.1, -0.05) is 15.9 Å². The summed E-state index contributed by atoms with van der Waals surface area (Å²) >= 11 is 3.44. The number of rotatable bonds is 6. The molecule has 0 unspecified atom stereocenters. The van der Waals surface area contributed by atoms with E-state index in [-0.39, 0.29) is 6.42 Å². The van der Waals surface area contributed by atoms with Gasteiger partial charge in [0.15, 0.2) is 0 Å². The Morgan fingerprint density at radius 2 is 2.10 bits per heavy atom. The summed E-state index contributed by atoms with van der Waals surface area (Å²) in [5.74, 6) is 0.256. The zero-order valence-electron chi connectivity index (χ0n) is 11.1. The smallest absolute Gasteiger partial charge is 0.303 e. The van der Waals surface area contributed by atoms with Crippen LogP contribution in [-0.4, -0.2) is 21.3 Å². The van der Waals surface area contributed by atoms with Gasteiger partial charge in [0.05, 0.1) is 0 Å². The van der Waals surface area contributed by atoms with Crippen LogP contribution in [0.5, 0.6) is 0 Å². The van der Waals surface area contributed by atoms with Crippen LogP contribution in [0.1, 0.15) is 30.7 Å². The zero-order valence-corrected chi connectivity index (χ0v) is 12.7. The van der Waals surface area contributed by atoms with E-state index in [0.717, 1.165) is 22.0 Å². The van der Waals surface area contributed by atoms with Crippen molar-refractivity contribution in [3.05, 3.63) is 34.1 Å². The van der Waals surface area contributed by atoms with Crippen molar-refractivity contribution in [3.63, 3.8) is 0 Å². The first-order valence-electron chi connectivity index (χ1n) is 6.36. The highest BCUT2D eigenvalue weighted by Gasteiger charge is 2.09. The summed E-state index contributed by atoms with van der Waals surface area (Å²) in [5, 5.41) is 16.6. The lowest BCUT2D eigenvalue weighted by molar-refractivity contribution is -0.137. The van der Waals surface area contributed by atoms with Crippen LogP contribution in [0.25, 0.3) is 11.5 Å². The molecule has 0 aliphatic rings. The molecule has 1 N–H and O–H groups in total. The maximum atomic E-state index is 10.4. The van der Waals surface area contributed by atoms with Gasteiger partial charge in [0, 0.05) is 22.9 Å². The van der Waals surface area contributed by atoms with Crippen molar-refractivity contribution in [2.75, 3.05) is 0 Å². The van der Waals surface area contributed by atoms with Crippen LogP contribution in [0, 0.1) is 6.92 Å². The fraction of sp³-hybridized carbons (Fsp3) is 0.357. The van der Waals surface area contributed by atoms with Gasteiger partial charge >= 0.3 is 5.97 Å². The van der Waals surface area contributed by atoms with Crippen LogP contribution in [0.2, 0.25) is 0 Å². The Morgan fingerprint density at radius 1 is 1.30 bits per heavy atom. The Balaban J connectivity index is 1.99. The molecule has 0 atom stereocenters. The van der Waals surface area contributed by atoms with E-state index in [1.807, 2.05) is 25.1 Å². The highest BCUT2D eigenvalue weighted by Crippen LogP contribution is 2.24. The van der Waals surface area contributed by atoms with E-state index in [4.69, 9.17) is 9.52 Å². The third-order valence-corrected chi connectivity index (χ3v) is 3.25.